The first-order chi connectivity index (χ1) is 9.00. The van der Waals surface area contributed by atoms with Crippen molar-refractivity contribution in [3.63, 3.8) is 0 Å². The van der Waals surface area contributed by atoms with E-state index in [-0.39, 0.29) is 5.41 Å². The quantitative estimate of drug-likeness (QED) is 0.778. The number of nitriles is 1. The zero-order valence-electron chi connectivity index (χ0n) is 11.5. The van der Waals surface area contributed by atoms with E-state index in [1.165, 1.54) is 5.56 Å². The molecule has 0 N–H and O–H groups in total. The Hall–Kier alpha value is -2.27. The molecule has 0 heterocycles. The van der Waals surface area contributed by atoms with Crippen LogP contribution in [0, 0.1) is 11.3 Å². The van der Waals surface area contributed by atoms with Crippen LogP contribution in [0.4, 0.5) is 0 Å². The molecule has 0 aliphatic heterocycles. The Labute approximate surface area is 114 Å². The van der Waals surface area contributed by atoms with Crippen molar-refractivity contribution in [3.8, 4) is 17.6 Å². The molecular weight excluding hydrogens is 234 g/mol. The van der Waals surface area contributed by atoms with Gasteiger partial charge in [0.25, 0.3) is 0 Å². The smallest absolute Gasteiger partial charge is 0.145 e. The van der Waals surface area contributed by atoms with Crippen molar-refractivity contribution in [3.05, 3.63) is 59.7 Å². The van der Waals surface area contributed by atoms with Gasteiger partial charge >= 0.3 is 0 Å². The monoisotopic (exact) mass is 251 g/mol. The van der Waals surface area contributed by atoms with Gasteiger partial charge in [0.2, 0.25) is 0 Å². The lowest BCUT2D eigenvalue weighted by Crippen LogP contribution is -2.10. The van der Waals surface area contributed by atoms with Crippen molar-refractivity contribution in [1.29, 1.82) is 5.26 Å². The summed E-state index contributed by atoms with van der Waals surface area (Å²) >= 11 is 0. The second-order valence-electron chi connectivity index (χ2n) is 5.48. The normalized spacial score (nSPS) is 10.8. The lowest BCUT2D eigenvalue weighted by molar-refractivity contribution is 0.480. The second-order valence-corrected chi connectivity index (χ2v) is 5.48. The van der Waals surface area contributed by atoms with Crippen LogP contribution >= 0.6 is 0 Å². The van der Waals surface area contributed by atoms with E-state index in [2.05, 4.69) is 39.0 Å². The van der Waals surface area contributed by atoms with Gasteiger partial charge in [0, 0.05) is 0 Å². The van der Waals surface area contributed by atoms with Gasteiger partial charge < -0.3 is 4.74 Å². The van der Waals surface area contributed by atoms with Gasteiger partial charge in [0.05, 0.1) is 5.56 Å². The van der Waals surface area contributed by atoms with Gasteiger partial charge in [0.15, 0.2) is 0 Å². The Morgan fingerprint density at radius 2 is 1.58 bits per heavy atom. The first kappa shape index (κ1) is 13.2. The molecule has 0 atom stereocenters. The number of benzene rings is 2. The van der Waals surface area contributed by atoms with Crippen molar-refractivity contribution >= 4 is 0 Å². The minimum absolute atomic E-state index is 0.128. The van der Waals surface area contributed by atoms with Gasteiger partial charge in [-0.15, -0.1) is 0 Å². The Morgan fingerprint density at radius 1 is 0.947 bits per heavy atom. The molecule has 2 aromatic rings. The highest BCUT2D eigenvalue weighted by molar-refractivity contribution is 5.45. The summed E-state index contributed by atoms with van der Waals surface area (Å²) in [7, 11) is 0. The Kier molecular flexibility index (Phi) is 3.57. The maximum atomic E-state index is 9.02. The van der Waals surface area contributed by atoms with Gasteiger partial charge in [-0.25, -0.2) is 0 Å². The Bertz CT molecular complexity index is 600. The topological polar surface area (TPSA) is 33.0 Å². The summed E-state index contributed by atoms with van der Waals surface area (Å²) in [5, 5.41) is 9.02. The fourth-order valence-electron chi connectivity index (χ4n) is 1.80. The van der Waals surface area contributed by atoms with Crippen LogP contribution < -0.4 is 4.74 Å². The number of para-hydroxylation sites is 1. The first-order valence-electron chi connectivity index (χ1n) is 6.28. The third-order valence-corrected chi connectivity index (χ3v) is 2.96. The highest BCUT2D eigenvalue weighted by atomic mass is 16.5. The van der Waals surface area contributed by atoms with Gasteiger partial charge in [-0.3, -0.25) is 0 Å². The van der Waals surface area contributed by atoms with Crippen LogP contribution in [0.2, 0.25) is 0 Å². The number of ether oxygens (including phenoxy) is 1. The van der Waals surface area contributed by atoms with Gasteiger partial charge in [0.1, 0.15) is 17.6 Å². The van der Waals surface area contributed by atoms with E-state index >= 15 is 0 Å². The lowest BCUT2D eigenvalue weighted by atomic mass is 9.87. The average molecular weight is 251 g/mol. The highest BCUT2D eigenvalue weighted by Crippen LogP contribution is 2.28. The molecule has 0 aromatic heterocycles. The summed E-state index contributed by atoms with van der Waals surface area (Å²) < 4.78 is 5.75. The molecule has 2 heteroatoms. The van der Waals surface area contributed by atoms with Crippen molar-refractivity contribution in [1.82, 2.24) is 0 Å². The lowest BCUT2D eigenvalue weighted by Gasteiger charge is -2.19. The zero-order chi connectivity index (χ0) is 13.9. The maximum absolute atomic E-state index is 9.02. The summed E-state index contributed by atoms with van der Waals surface area (Å²) in [6.07, 6.45) is 0. The Morgan fingerprint density at radius 3 is 2.16 bits per heavy atom. The minimum atomic E-state index is 0.128. The molecule has 0 bridgehead atoms. The van der Waals surface area contributed by atoms with Crippen LogP contribution in [-0.4, -0.2) is 0 Å². The van der Waals surface area contributed by atoms with E-state index in [0.29, 0.717) is 11.3 Å². The van der Waals surface area contributed by atoms with Crippen molar-refractivity contribution in [2.24, 2.45) is 0 Å². The highest BCUT2D eigenvalue weighted by Gasteiger charge is 2.13. The SMILES string of the molecule is CC(C)(C)c1ccc(Oc2ccccc2C#N)cc1. The molecule has 2 nitrogen and oxygen atoms in total. The summed E-state index contributed by atoms with van der Waals surface area (Å²) in [6, 6.07) is 17.4. The van der Waals surface area contributed by atoms with E-state index < -0.39 is 0 Å². The molecule has 2 rings (SSSR count). The van der Waals surface area contributed by atoms with Crippen LogP contribution in [0.3, 0.4) is 0 Å². The standard InChI is InChI=1S/C17H17NO/c1-17(2,3)14-8-10-15(11-9-14)19-16-7-5-4-6-13(16)12-18/h4-11H,1-3H3. The predicted molar refractivity (Wildman–Crippen MR) is 76.4 cm³/mol. The number of nitrogens with zero attached hydrogens (tertiary/aromatic N) is 1. The van der Waals surface area contributed by atoms with Gasteiger partial charge in [-0.1, -0.05) is 45.0 Å². The molecule has 96 valence electrons. The fourth-order valence-corrected chi connectivity index (χ4v) is 1.80. The van der Waals surface area contributed by atoms with Crippen LogP contribution in [0.25, 0.3) is 0 Å². The molecule has 0 amide bonds. The number of rotatable bonds is 2. The maximum Gasteiger partial charge on any atom is 0.145 e. The Balaban J connectivity index is 2.23. The minimum Gasteiger partial charge on any atom is -0.456 e. The average Bonchev–Trinajstić information content (AvgIpc) is 2.39. The zero-order valence-corrected chi connectivity index (χ0v) is 11.5. The summed E-state index contributed by atoms with van der Waals surface area (Å²) in [5.74, 6) is 1.34. The predicted octanol–water partition coefficient (Wildman–Crippen LogP) is 4.65. The van der Waals surface area contributed by atoms with E-state index in [4.69, 9.17) is 10.00 Å². The van der Waals surface area contributed by atoms with Crippen molar-refractivity contribution in [2.75, 3.05) is 0 Å². The van der Waals surface area contributed by atoms with Crippen molar-refractivity contribution < 1.29 is 4.74 Å². The molecule has 19 heavy (non-hydrogen) atoms. The van der Waals surface area contributed by atoms with E-state index in [1.807, 2.05) is 24.3 Å². The molecule has 0 radical (unpaired) electrons. The van der Waals surface area contributed by atoms with E-state index in [0.717, 1.165) is 5.75 Å². The largest absolute Gasteiger partial charge is 0.456 e. The molecule has 2 aromatic carbocycles. The van der Waals surface area contributed by atoms with E-state index in [1.54, 1.807) is 12.1 Å². The molecule has 0 spiro atoms. The third-order valence-electron chi connectivity index (χ3n) is 2.96. The van der Waals surface area contributed by atoms with Crippen molar-refractivity contribution in [2.45, 2.75) is 26.2 Å². The van der Waals surface area contributed by atoms with Gasteiger partial charge in [-0.05, 0) is 35.2 Å². The van der Waals surface area contributed by atoms with Crippen LogP contribution in [-0.2, 0) is 5.41 Å². The first-order valence-corrected chi connectivity index (χ1v) is 6.28. The van der Waals surface area contributed by atoms with Gasteiger partial charge in [-0.2, -0.15) is 5.26 Å². The molecular formula is C17H17NO. The summed E-state index contributed by atoms with van der Waals surface area (Å²) in [6.45, 7) is 6.52. The van der Waals surface area contributed by atoms with Crippen LogP contribution in [0.15, 0.2) is 48.5 Å². The molecule has 0 fully saturated rings. The molecule has 0 aliphatic rings. The molecule has 0 saturated heterocycles. The van der Waals surface area contributed by atoms with Crippen LogP contribution in [0.1, 0.15) is 31.9 Å². The molecule has 0 aliphatic carbocycles. The fraction of sp³-hybridized carbons (Fsp3) is 0.235. The second kappa shape index (κ2) is 5.16. The molecule has 0 unspecified atom stereocenters. The number of hydrogen-bond donors (Lipinski definition) is 0. The summed E-state index contributed by atoms with van der Waals surface area (Å²) in [5.41, 5.74) is 1.93. The molecule has 0 saturated carbocycles. The summed E-state index contributed by atoms with van der Waals surface area (Å²) in [4.78, 5) is 0. The number of hydrogen-bond acceptors (Lipinski definition) is 2. The van der Waals surface area contributed by atoms with Crippen LogP contribution in [0.5, 0.6) is 11.5 Å². The van der Waals surface area contributed by atoms with E-state index in [9.17, 15) is 0 Å². The third kappa shape index (κ3) is 3.14.